The van der Waals surface area contributed by atoms with Crippen molar-refractivity contribution in [1.29, 1.82) is 0 Å². The lowest BCUT2D eigenvalue weighted by molar-refractivity contribution is 0.350. The first-order chi connectivity index (χ1) is 10.5. The maximum atomic E-state index is 12.7. The molecule has 0 aliphatic carbocycles. The number of hydrogen-bond acceptors (Lipinski definition) is 3. The molecule has 0 amide bonds. The van der Waals surface area contributed by atoms with Crippen LogP contribution in [-0.4, -0.2) is 24.4 Å². The van der Waals surface area contributed by atoms with E-state index in [1.54, 1.807) is 24.3 Å². The zero-order valence-electron chi connectivity index (χ0n) is 12.2. The summed E-state index contributed by atoms with van der Waals surface area (Å²) in [6.07, 6.45) is 0. The molecule has 0 fully saturated rings. The molecule has 1 N–H and O–H groups in total. The number of aliphatic hydroxyl groups excluding tert-OH is 1. The van der Waals surface area contributed by atoms with Gasteiger partial charge in [0.15, 0.2) is 0 Å². The molecule has 0 atom stereocenters. The number of rotatable bonds is 4. The third-order valence-corrected chi connectivity index (χ3v) is 4.73. The predicted molar refractivity (Wildman–Crippen MR) is 85.2 cm³/mol. The van der Waals surface area contributed by atoms with Gasteiger partial charge in [-0.3, -0.25) is 0 Å². The van der Waals surface area contributed by atoms with Crippen LogP contribution < -0.4 is 0 Å². The van der Waals surface area contributed by atoms with Crippen LogP contribution in [0.4, 0.5) is 0 Å². The van der Waals surface area contributed by atoms with E-state index in [9.17, 15) is 8.42 Å². The molecule has 0 aromatic heterocycles. The van der Waals surface area contributed by atoms with Gasteiger partial charge < -0.3 is 5.11 Å². The normalized spacial score (nSPS) is 10.6. The van der Waals surface area contributed by atoms with Crippen molar-refractivity contribution in [2.45, 2.75) is 18.4 Å². The first-order valence-corrected chi connectivity index (χ1v) is 8.21. The summed E-state index contributed by atoms with van der Waals surface area (Å²) in [6.45, 7) is 1.63. The van der Waals surface area contributed by atoms with Crippen LogP contribution in [0, 0.1) is 18.9 Å². The molecule has 0 aliphatic rings. The molecule has 0 saturated heterocycles. The van der Waals surface area contributed by atoms with E-state index in [4.69, 9.17) is 5.11 Å². The van der Waals surface area contributed by atoms with Gasteiger partial charge in [0.05, 0.1) is 11.4 Å². The summed E-state index contributed by atoms with van der Waals surface area (Å²) in [5.74, 6) is 2.41. The topological polar surface area (TPSA) is 57.6 Å². The van der Waals surface area contributed by atoms with Crippen LogP contribution in [0.1, 0.15) is 11.1 Å². The molecule has 0 saturated carbocycles. The number of aryl methyl sites for hydroxylation is 1. The highest BCUT2D eigenvalue weighted by Crippen LogP contribution is 2.18. The average Bonchev–Trinajstić information content (AvgIpc) is 2.52. The third kappa shape index (κ3) is 3.88. The molecule has 2 aromatic carbocycles. The number of benzene rings is 2. The van der Waals surface area contributed by atoms with Gasteiger partial charge in [-0.2, -0.15) is 0 Å². The van der Waals surface area contributed by atoms with Crippen LogP contribution in [-0.2, 0) is 16.6 Å². The third-order valence-electron chi connectivity index (χ3n) is 3.06. The second-order valence-corrected chi connectivity index (χ2v) is 6.62. The Morgan fingerprint density at radius 1 is 1.05 bits per heavy atom. The van der Waals surface area contributed by atoms with Crippen molar-refractivity contribution in [2.24, 2.45) is 0 Å². The molecule has 0 heterocycles. The lowest BCUT2D eigenvalue weighted by Gasteiger charge is -2.18. The van der Waals surface area contributed by atoms with E-state index in [0.29, 0.717) is 0 Å². The minimum atomic E-state index is -3.74. The highest BCUT2D eigenvalue weighted by molar-refractivity contribution is 7.89. The van der Waals surface area contributed by atoms with Crippen molar-refractivity contribution in [3.8, 4) is 12.0 Å². The lowest BCUT2D eigenvalue weighted by atomic mass is 10.2. The van der Waals surface area contributed by atoms with E-state index in [1.165, 1.54) is 0 Å². The van der Waals surface area contributed by atoms with E-state index in [1.807, 2.05) is 37.3 Å². The summed E-state index contributed by atoms with van der Waals surface area (Å²) in [7, 11) is -3.74. The van der Waals surface area contributed by atoms with Crippen LogP contribution in [0.25, 0.3) is 0 Å². The Hall–Kier alpha value is -2.29. The average molecular weight is 315 g/mol. The van der Waals surface area contributed by atoms with Crippen LogP contribution in [0.2, 0.25) is 0 Å². The second-order valence-electron chi connectivity index (χ2n) is 4.76. The number of sulfonamides is 1. The molecule has 22 heavy (non-hydrogen) atoms. The zero-order chi connectivity index (χ0) is 16.0. The molecule has 0 bridgehead atoms. The Balaban J connectivity index is 2.37. The lowest BCUT2D eigenvalue weighted by Crippen LogP contribution is -2.26. The minimum Gasteiger partial charge on any atom is -0.384 e. The van der Waals surface area contributed by atoms with Gasteiger partial charge in [0.2, 0.25) is 0 Å². The van der Waals surface area contributed by atoms with Crippen molar-refractivity contribution in [1.82, 2.24) is 4.31 Å². The smallest absolute Gasteiger partial charge is 0.271 e. The van der Waals surface area contributed by atoms with Crippen LogP contribution >= 0.6 is 0 Å². The monoisotopic (exact) mass is 315 g/mol. The van der Waals surface area contributed by atoms with Crippen LogP contribution in [0.3, 0.4) is 0 Å². The van der Waals surface area contributed by atoms with Gasteiger partial charge in [-0.05, 0) is 24.6 Å². The quantitative estimate of drug-likeness (QED) is 0.695. The van der Waals surface area contributed by atoms with Crippen LogP contribution in [0.15, 0.2) is 59.5 Å². The Kier molecular flexibility index (Phi) is 5.21. The molecule has 0 unspecified atom stereocenters. The highest BCUT2D eigenvalue weighted by atomic mass is 32.2. The van der Waals surface area contributed by atoms with Gasteiger partial charge in [0.1, 0.15) is 6.61 Å². The van der Waals surface area contributed by atoms with Gasteiger partial charge in [-0.1, -0.05) is 53.9 Å². The largest absolute Gasteiger partial charge is 0.384 e. The predicted octanol–water partition coefficient (Wildman–Crippen LogP) is 2.14. The fourth-order valence-electron chi connectivity index (χ4n) is 1.89. The molecule has 114 valence electrons. The standard InChI is InChI=1S/C17H17NO3S/c1-15-8-10-17(11-9-15)22(20,21)18(12-5-13-19)14-16-6-3-2-4-7-16/h2-4,6-11,19H,13-14H2,1H3. The second kappa shape index (κ2) is 7.12. The molecule has 5 heteroatoms. The van der Waals surface area contributed by atoms with Gasteiger partial charge in [-0.15, -0.1) is 0 Å². The van der Waals surface area contributed by atoms with Crippen molar-refractivity contribution in [3.63, 3.8) is 0 Å². The SMILES string of the molecule is Cc1ccc(S(=O)(=O)N(C#CCO)Cc2ccccc2)cc1. The molecule has 4 nitrogen and oxygen atoms in total. The molecule has 2 aromatic rings. The molecule has 0 radical (unpaired) electrons. The molecular formula is C17H17NO3S. The minimum absolute atomic E-state index is 0.129. The molecule has 2 rings (SSSR count). The summed E-state index contributed by atoms with van der Waals surface area (Å²) in [4.78, 5) is 0.182. The fourth-order valence-corrected chi connectivity index (χ4v) is 3.13. The van der Waals surface area contributed by atoms with E-state index in [2.05, 4.69) is 12.0 Å². The number of aliphatic hydroxyl groups is 1. The Labute approximate surface area is 131 Å². The van der Waals surface area contributed by atoms with E-state index < -0.39 is 16.6 Å². The maximum absolute atomic E-state index is 12.7. The summed E-state index contributed by atoms with van der Waals surface area (Å²) in [5.41, 5.74) is 1.81. The van der Waals surface area contributed by atoms with E-state index in [-0.39, 0.29) is 11.4 Å². The first kappa shape index (κ1) is 16.1. The number of hydrogen-bond donors (Lipinski definition) is 1. The zero-order valence-corrected chi connectivity index (χ0v) is 13.0. The summed E-state index contributed by atoms with van der Waals surface area (Å²) < 4.78 is 26.5. The fraction of sp³-hybridized carbons (Fsp3) is 0.176. The van der Waals surface area contributed by atoms with Crippen molar-refractivity contribution < 1.29 is 13.5 Å². The van der Waals surface area contributed by atoms with Crippen molar-refractivity contribution >= 4 is 10.0 Å². The first-order valence-electron chi connectivity index (χ1n) is 6.77. The van der Waals surface area contributed by atoms with E-state index >= 15 is 0 Å². The van der Waals surface area contributed by atoms with Gasteiger partial charge in [0.25, 0.3) is 10.0 Å². The number of nitrogens with zero attached hydrogens (tertiary/aromatic N) is 1. The highest BCUT2D eigenvalue weighted by Gasteiger charge is 2.22. The molecule has 0 aliphatic heterocycles. The van der Waals surface area contributed by atoms with Gasteiger partial charge in [-0.25, -0.2) is 12.7 Å². The van der Waals surface area contributed by atoms with E-state index in [0.717, 1.165) is 15.4 Å². The van der Waals surface area contributed by atoms with Gasteiger partial charge >= 0.3 is 0 Å². The summed E-state index contributed by atoms with van der Waals surface area (Å²) >= 11 is 0. The Morgan fingerprint density at radius 3 is 2.27 bits per heavy atom. The van der Waals surface area contributed by atoms with Gasteiger partial charge in [0, 0.05) is 6.04 Å². The van der Waals surface area contributed by atoms with Crippen molar-refractivity contribution in [2.75, 3.05) is 6.61 Å². The maximum Gasteiger partial charge on any atom is 0.271 e. The summed E-state index contributed by atoms with van der Waals surface area (Å²) in [6, 6.07) is 18.3. The molecule has 0 spiro atoms. The Bertz CT molecular complexity index is 772. The Morgan fingerprint density at radius 2 is 1.68 bits per heavy atom. The summed E-state index contributed by atoms with van der Waals surface area (Å²) in [5, 5.41) is 8.86. The molecular weight excluding hydrogens is 298 g/mol. The van der Waals surface area contributed by atoms with Crippen LogP contribution in [0.5, 0.6) is 0 Å². The van der Waals surface area contributed by atoms with Crippen molar-refractivity contribution in [3.05, 3.63) is 65.7 Å².